The molecule has 0 radical (unpaired) electrons. The molecule has 0 bridgehead atoms. The van der Waals surface area contributed by atoms with Crippen LogP contribution in [0.3, 0.4) is 0 Å². The van der Waals surface area contributed by atoms with Crippen LogP contribution in [-0.2, 0) is 25.5 Å². The van der Waals surface area contributed by atoms with E-state index in [1.165, 1.54) is 0 Å². The standard InChI is InChI=1S/C26H34N2O5S/c1-5-32-22(29)20(17-19-13-14-21(34-19)18-11-7-6-8-12-18)27-23(30)26(15-9-10-16-26)28-24(31)33-25(2,3)4/h6-8,11-14,20H,5,9-10,15-17H2,1-4H3,(H,27,30)(H,28,31). The molecule has 1 aromatic carbocycles. The van der Waals surface area contributed by atoms with Gasteiger partial charge >= 0.3 is 12.1 Å². The van der Waals surface area contributed by atoms with Crippen LogP contribution in [0.5, 0.6) is 0 Å². The lowest BCUT2D eigenvalue weighted by molar-refractivity contribution is -0.148. The van der Waals surface area contributed by atoms with Gasteiger partial charge in [0.15, 0.2) is 0 Å². The summed E-state index contributed by atoms with van der Waals surface area (Å²) < 4.78 is 10.6. The van der Waals surface area contributed by atoms with Crippen LogP contribution < -0.4 is 10.6 Å². The molecular formula is C26H34N2O5S. The molecule has 0 aliphatic heterocycles. The number of carbonyl (C=O) groups excluding carboxylic acids is 3. The summed E-state index contributed by atoms with van der Waals surface area (Å²) in [5.74, 6) is -0.871. The first-order chi connectivity index (χ1) is 16.1. The van der Waals surface area contributed by atoms with Gasteiger partial charge in [0.05, 0.1) is 6.61 Å². The van der Waals surface area contributed by atoms with Crippen molar-refractivity contribution in [2.24, 2.45) is 0 Å². The van der Waals surface area contributed by atoms with Crippen LogP contribution in [0.4, 0.5) is 4.79 Å². The number of benzene rings is 1. The number of nitrogens with one attached hydrogen (secondary N) is 2. The molecule has 3 rings (SSSR count). The molecule has 184 valence electrons. The van der Waals surface area contributed by atoms with Crippen LogP contribution in [0, 0.1) is 0 Å². The van der Waals surface area contributed by atoms with E-state index < -0.39 is 29.2 Å². The number of rotatable bonds is 8. The zero-order chi connectivity index (χ0) is 24.8. The number of esters is 1. The topological polar surface area (TPSA) is 93.7 Å². The molecule has 8 heteroatoms. The van der Waals surface area contributed by atoms with Crippen molar-refractivity contribution in [1.29, 1.82) is 0 Å². The van der Waals surface area contributed by atoms with Gasteiger partial charge in [0.25, 0.3) is 0 Å². The lowest BCUT2D eigenvalue weighted by Gasteiger charge is -2.32. The Balaban J connectivity index is 1.75. The minimum Gasteiger partial charge on any atom is -0.464 e. The van der Waals surface area contributed by atoms with Gasteiger partial charge in [-0.25, -0.2) is 9.59 Å². The lowest BCUT2D eigenvalue weighted by Crippen LogP contribution is -2.60. The zero-order valence-corrected chi connectivity index (χ0v) is 21.1. The van der Waals surface area contributed by atoms with Crippen LogP contribution in [0.1, 0.15) is 58.3 Å². The fourth-order valence-corrected chi connectivity index (χ4v) is 5.12. The molecule has 7 nitrogen and oxygen atoms in total. The predicted octanol–water partition coefficient (Wildman–Crippen LogP) is 4.84. The Labute approximate surface area is 205 Å². The van der Waals surface area contributed by atoms with E-state index in [9.17, 15) is 14.4 Å². The lowest BCUT2D eigenvalue weighted by atomic mass is 9.95. The van der Waals surface area contributed by atoms with Gasteiger partial charge in [-0.15, -0.1) is 11.3 Å². The van der Waals surface area contributed by atoms with E-state index in [4.69, 9.17) is 9.47 Å². The number of alkyl carbamates (subject to hydrolysis) is 1. The molecular weight excluding hydrogens is 452 g/mol. The summed E-state index contributed by atoms with van der Waals surface area (Å²) in [6.45, 7) is 7.27. The highest BCUT2D eigenvalue weighted by atomic mass is 32.1. The molecule has 1 fully saturated rings. The molecule has 1 unspecified atom stereocenters. The van der Waals surface area contributed by atoms with E-state index in [-0.39, 0.29) is 12.5 Å². The Kier molecular flexibility index (Phi) is 8.36. The molecule has 1 atom stereocenters. The zero-order valence-electron chi connectivity index (χ0n) is 20.3. The first-order valence-corrected chi connectivity index (χ1v) is 12.6. The fourth-order valence-electron chi connectivity index (χ4n) is 4.07. The maximum Gasteiger partial charge on any atom is 0.408 e. The molecule has 2 aromatic rings. The Morgan fingerprint density at radius 1 is 1.06 bits per heavy atom. The third kappa shape index (κ3) is 6.82. The minimum absolute atomic E-state index is 0.214. The average molecular weight is 487 g/mol. The summed E-state index contributed by atoms with van der Waals surface area (Å²) >= 11 is 1.58. The summed E-state index contributed by atoms with van der Waals surface area (Å²) in [4.78, 5) is 40.7. The monoisotopic (exact) mass is 486 g/mol. The highest BCUT2D eigenvalue weighted by Gasteiger charge is 2.44. The predicted molar refractivity (Wildman–Crippen MR) is 133 cm³/mol. The molecule has 1 aromatic heterocycles. The largest absolute Gasteiger partial charge is 0.464 e. The van der Waals surface area contributed by atoms with Gasteiger partial charge in [-0.1, -0.05) is 43.2 Å². The van der Waals surface area contributed by atoms with Crippen molar-refractivity contribution in [1.82, 2.24) is 10.6 Å². The molecule has 1 saturated carbocycles. The highest BCUT2D eigenvalue weighted by molar-refractivity contribution is 7.15. The number of carbonyl (C=O) groups is 3. The summed E-state index contributed by atoms with van der Waals surface area (Å²) in [6, 6.07) is 13.1. The SMILES string of the molecule is CCOC(=O)C(Cc1ccc(-c2ccccc2)s1)NC(=O)C1(NC(=O)OC(C)(C)C)CCCC1. The van der Waals surface area contributed by atoms with E-state index in [1.54, 1.807) is 39.0 Å². The fraction of sp³-hybridized carbons (Fsp3) is 0.500. The third-order valence-electron chi connectivity index (χ3n) is 5.63. The minimum atomic E-state index is -1.10. The van der Waals surface area contributed by atoms with E-state index in [2.05, 4.69) is 10.6 Å². The van der Waals surface area contributed by atoms with Crippen LogP contribution >= 0.6 is 11.3 Å². The van der Waals surface area contributed by atoms with Crippen molar-refractivity contribution < 1.29 is 23.9 Å². The van der Waals surface area contributed by atoms with Gasteiger partial charge < -0.3 is 20.1 Å². The smallest absolute Gasteiger partial charge is 0.408 e. The Morgan fingerprint density at radius 3 is 2.35 bits per heavy atom. The maximum atomic E-state index is 13.4. The van der Waals surface area contributed by atoms with Gasteiger partial charge in [-0.05, 0) is 58.2 Å². The van der Waals surface area contributed by atoms with Crippen molar-refractivity contribution in [2.75, 3.05) is 6.61 Å². The molecule has 0 spiro atoms. The first kappa shape index (κ1) is 25.7. The molecule has 2 amide bonds. The van der Waals surface area contributed by atoms with Gasteiger partial charge in [-0.3, -0.25) is 4.79 Å². The van der Waals surface area contributed by atoms with Crippen molar-refractivity contribution in [2.45, 2.75) is 77.0 Å². The maximum absolute atomic E-state index is 13.4. The molecule has 34 heavy (non-hydrogen) atoms. The first-order valence-electron chi connectivity index (χ1n) is 11.7. The third-order valence-corrected chi connectivity index (χ3v) is 6.79. The number of thiophene rings is 1. The molecule has 0 saturated heterocycles. The van der Waals surface area contributed by atoms with Crippen LogP contribution in [-0.4, -0.2) is 41.8 Å². The summed E-state index contributed by atoms with van der Waals surface area (Å²) in [5, 5.41) is 5.66. The van der Waals surface area contributed by atoms with E-state index >= 15 is 0 Å². The molecule has 2 N–H and O–H groups in total. The van der Waals surface area contributed by atoms with Crippen LogP contribution in [0.2, 0.25) is 0 Å². The van der Waals surface area contributed by atoms with E-state index in [0.717, 1.165) is 28.2 Å². The summed E-state index contributed by atoms with van der Waals surface area (Å²) in [6.07, 6.45) is 2.26. The van der Waals surface area contributed by atoms with E-state index in [1.807, 2.05) is 42.5 Å². The number of hydrogen-bond acceptors (Lipinski definition) is 6. The van der Waals surface area contributed by atoms with E-state index in [0.29, 0.717) is 19.3 Å². The van der Waals surface area contributed by atoms with Crippen molar-refractivity contribution in [3.05, 3.63) is 47.3 Å². The number of amides is 2. The normalized spacial score (nSPS) is 15.9. The summed E-state index contributed by atoms with van der Waals surface area (Å²) in [7, 11) is 0. The van der Waals surface area contributed by atoms with Crippen LogP contribution in [0.25, 0.3) is 10.4 Å². The number of ether oxygens (including phenoxy) is 2. The Morgan fingerprint density at radius 2 is 1.74 bits per heavy atom. The number of hydrogen-bond donors (Lipinski definition) is 2. The molecule has 1 heterocycles. The molecule has 1 aliphatic carbocycles. The van der Waals surface area contributed by atoms with Gasteiger partial charge in [0.2, 0.25) is 5.91 Å². The van der Waals surface area contributed by atoms with Gasteiger partial charge in [0, 0.05) is 16.2 Å². The summed E-state index contributed by atoms with van der Waals surface area (Å²) in [5.41, 5.74) is -0.678. The van der Waals surface area contributed by atoms with Crippen LogP contribution in [0.15, 0.2) is 42.5 Å². The second-order valence-corrected chi connectivity index (χ2v) is 10.7. The second-order valence-electron chi connectivity index (χ2n) is 9.53. The van der Waals surface area contributed by atoms with Crippen molar-refractivity contribution >= 4 is 29.3 Å². The quantitative estimate of drug-likeness (QED) is 0.521. The van der Waals surface area contributed by atoms with Crippen molar-refractivity contribution in [3.63, 3.8) is 0 Å². The van der Waals surface area contributed by atoms with Gasteiger partial charge in [0.1, 0.15) is 17.2 Å². The Bertz CT molecular complexity index is 990. The Hall–Kier alpha value is -2.87. The van der Waals surface area contributed by atoms with Crippen molar-refractivity contribution in [3.8, 4) is 10.4 Å². The molecule has 1 aliphatic rings. The highest BCUT2D eigenvalue weighted by Crippen LogP contribution is 2.32. The second kappa shape index (κ2) is 11.0. The van der Waals surface area contributed by atoms with Gasteiger partial charge in [-0.2, -0.15) is 0 Å². The average Bonchev–Trinajstić information content (AvgIpc) is 3.43.